The number of para-hydroxylation sites is 1. The Labute approximate surface area is 92.6 Å². The van der Waals surface area contributed by atoms with E-state index < -0.39 is 5.97 Å². The van der Waals surface area contributed by atoms with Gasteiger partial charge in [0.05, 0.1) is 11.0 Å². The summed E-state index contributed by atoms with van der Waals surface area (Å²) in [4.78, 5) is 17.8. The van der Waals surface area contributed by atoms with Gasteiger partial charge in [0.1, 0.15) is 5.82 Å². The minimum absolute atomic E-state index is 0.568. The maximum atomic E-state index is 10.4. The van der Waals surface area contributed by atoms with Crippen molar-refractivity contribution in [1.29, 1.82) is 0 Å². The molecular formula is C12H12N2O2. The molecule has 1 aromatic heterocycles. The molecule has 0 saturated heterocycles. The van der Waals surface area contributed by atoms with Crippen molar-refractivity contribution in [3.63, 3.8) is 0 Å². The first-order valence-electron chi connectivity index (χ1n) is 5.09. The molecule has 4 heteroatoms. The molecule has 0 aliphatic heterocycles. The van der Waals surface area contributed by atoms with E-state index in [0.717, 1.165) is 29.1 Å². The van der Waals surface area contributed by atoms with Crippen LogP contribution in [0.1, 0.15) is 18.3 Å². The second kappa shape index (κ2) is 4.18. The summed E-state index contributed by atoms with van der Waals surface area (Å²) in [6.45, 7) is 2.07. The van der Waals surface area contributed by atoms with Gasteiger partial charge in [0.2, 0.25) is 0 Å². The first-order valence-corrected chi connectivity index (χ1v) is 5.09. The molecule has 82 valence electrons. The number of aryl methyl sites for hydroxylation is 1. The standard InChI is InChI=1S/C12H12N2O2/c1-2-8-4-3-5-9-12(8)14-10(13-9)6-7-11(15)16/h3-7H,2H2,1H3,(H,13,14)(H,15,16)/b7-6+. The summed E-state index contributed by atoms with van der Waals surface area (Å²) >= 11 is 0. The number of H-pyrrole nitrogens is 1. The van der Waals surface area contributed by atoms with Crippen LogP contribution in [-0.2, 0) is 11.2 Å². The van der Waals surface area contributed by atoms with Crippen LogP contribution in [0, 0.1) is 0 Å². The third-order valence-corrected chi connectivity index (χ3v) is 2.38. The van der Waals surface area contributed by atoms with Crippen LogP contribution in [-0.4, -0.2) is 21.0 Å². The second-order valence-electron chi connectivity index (χ2n) is 3.46. The molecule has 0 fully saturated rings. The summed E-state index contributed by atoms with van der Waals surface area (Å²) in [7, 11) is 0. The van der Waals surface area contributed by atoms with Gasteiger partial charge in [0.15, 0.2) is 0 Å². The van der Waals surface area contributed by atoms with Crippen molar-refractivity contribution in [1.82, 2.24) is 9.97 Å². The van der Waals surface area contributed by atoms with Crippen molar-refractivity contribution in [3.8, 4) is 0 Å². The fraction of sp³-hybridized carbons (Fsp3) is 0.167. The number of fused-ring (bicyclic) bond motifs is 1. The Hall–Kier alpha value is -2.10. The number of rotatable bonds is 3. The molecule has 2 N–H and O–H groups in total. The van der Waals surface area contributed by atoms with Crippen molar-refractivity contribution in [2.75, 3.05) is 0 Å². The van der Waals surface area contributed by atoms with Crippen LogP contribution >= 0.6 is 0 Å². The summed E-state index contributed by atoms with van der Waals surface area (Å²) < 4.78 is 0. The third-order valence-electron chi connectivity index (χ3n) is 2.38. The van der Waals surface area contributed by atoms with Gasteiger partial charge in [-0.1, -0.05) is 19.1 Å². The summed E-state index contributed by atoms with van der Waals surface area (Å²) in [5.74, 6) is -0.408. The SMILES string of the molecule is CCc1cccc2[nH]c(/C=C/C(=O)O)nc12. The molecule has 16 heavy (non-hydrogen) atoms. The van der Waals surface area contributed by atoms with E-state index in [9.17, 15) is 4.79 Å². The monoisotopic (exact) mass is 216 g/mol. The van der Waals surface area contributed by atoms with Crippen LogP contribution in [0.4, 0.5) is 0 Å². The third kappa shape index (κ3) is 1.95. The van der Waals surface area contributed by atoms with Crippen LogP contribution in [0.15, 0.2) is 24.3 Å². The van der Waals surface area contributed by atoms with Gasteiger partial charge in [0.25, 0.3) is 0 Å². The van der Waals surface area contributed by atoms with Gasteiger partial charge in [0, 0.05) is 6.08 Å². The minimum Gasteiger partial charge on any atom is -0.478 e. The predicted molar refractivity (Wildman–Crippen MR) is 62.1 cm³/mol. The van der Waals surface area contributed by atoms with Crippen LogP contribution in [0.2, 0.25) is 0 Å². The van der Waals surface area contributed by atoms with Crippen LogP contribution in [0.3, 0.4) is 0 Å². The van der Waals surface area contributed by atoms with Gasteiger partial charge < -0.3 is 10.1 Å². The number of imidazole rings is 1. The zero-order valence-electron chi connectivity index (χ0n) is 8.90. The molecule has 0 saturated carbocycles. The summed E-state index contributed by atoms with van der Waals surface area (Å²) in [5, 5.41) is 8.52. The molecular weight excluding hydrogens is 204 g/mol. The fourth-order valence-electron chi connectivity index (χ4n) is 1.63. The Morgan fingerprint density at radius 2 is 2.38 bits per heavy atom. The smallest absolute Gasteiger partial charge is 0.328 e. The van der Waals surface area contributed by atoms with E-state index in [4.69, 9.17) is 5.11 Å². The van der Waals surface area contributed by atoms with Crippen molar-refractivity contribution in [3.05, 3.63) is 35.7 Å². The summed E-state index contributed by atoms with van der Waals surface area (Å²) in [5.41, 5.74) is 3.00. The number of carbonyl (C=O) groups is 1. The van der Waals surface area contributed by atoms with Crippen molar-refractivity contribution < 1.29 is 9.90 Å². The largest absolute Gasteiger partial charge is 0.478 e. The molecule has 4 nitrogen and oxygen atoms in total. The Morgan fingerprint density at radius 3 is 3.06 bits per heavy atom. The van der Waals surface area contributed by atoms with E-state index in [0.29, 0.717) is 5.82 Å². The van der Waals surface area contributed by atoms with E-state index in [1.54, 1.807) is 0 Å². The van der Waals surface area contributed by atoms with E-state index >= 15 is 0 Å². The van der Waals surface area contributed by atoms with E-state index in [2.05, 4.69) is 16.9 Å². The van der Waals surface area contributed by atoms with E-state index in [-0.39, 0.29) is 0 Å². The topological polar surface area (TPSA) is 66.0 Å². The Balaban J connectivity index is 2.47. The number of aliphatic carboxylic acids is 1. The first kappa shape index (κ1) is 10.4. The maximum Gasteiger partial charge on any atom is 0.328 e. The van der Waals surface area contributed by atoms with Crippen molar-refractivity contribution in [2.45, 2.75) is 13.3 Å². The maximum absolute atomic E-state index is 10.4. The molecule has 0 bridgehead atoms. The highest BCUT2D eigenvalue weighted by Gasteiger charge is 2.04. The van der Waals surface area contributed by atoms with Crippen LogP contribution in [0.5, 0.6) is 0 Å². The number of aromatic amines is 1. The molecule has 0 aliphatic rings. The van der Waals surface area contributed by atoms with Gasteiger partial charge in [-0.05, 0) is 24.1 Å². The van der Waals surface area contributed by atoms with Gasteiger partial charge in [-0.25, -0.2) is 9.78 Å². The van der Waals surface area contributed by atoms with Crippen LogP contribution < -0.4 is 0 Å². The molecule has 0 unspecified atom stereocenters. The Kier molecular flexibility index (Phi) is 2.72. The van der Waals surface area contributed by atoms with Crippen molar-refractivity contribution in [2.24, 2.45) is 0 Å². The fourth-order valence-corrected chi connectivity index (χ4v) is 1.63. The van der Waals surface area contributed by atoms with Gasteiger partial charge in [-0.3, -0.25) is 0 Å². The average Bonchev–Trinajstić information content (AvgIpc) is 2.68. The highest BCUT2D eigenvalue weighted by atomic mass is 16.4. The lowest BCUT2D eigenvalue weighted by molar-refractivity contribution is -0.131. The molecule has 1 heterocycles. The molecule has 0 atom stereocenters. The average molecular weight is 216 g/mol. The van der Waals surface area contributed by atoms with Gasteiger partial charge in [-0.15, -0.1) is 0 Å². The highest BCUT2D eigenvalue weighted by Crippen LogP contribution is 2.17. The zero-order chi connectivity index (χ0) is 11.5. The molecule has 0 amide bonds. The first-order chi connectivity index (χ1) is 7.70. The molecule has 0 spiro atoms. The predicted octanol–water partition coefficient (Wildman–Crippen LogP) is 2.22. The number of benzene rings is 1. The number of hydrogen-bond donors (Lipinski definition) is 2. The molecule has 0 radical (unpaired) electrons. The normalized spacial score (nSPS) is 11.3. The Morgan fingerprint density at radius 1 is 1.56 bits per heavy atom. The summed E-state index contributed by atoms with van der Waals surface area (Å²) in [6, 6.07) is 5.91. The number of carboxylic acid groups (broad SMARTS) is 1. The van der Waals surface area contributed by atoms with E-state index in [1.807, 2.05) is 18.2 Å². The zero-order valence-corrected chi connectivity index (χ0v) is 8.90. The quantitative estimate of drug-likeness (QED) is 0.773. The lowest BCUT2D eigenvalue weighted by Gasteiger charge is -1.95. The number of nitrogens with one attached hydrogen (secondary N) is 1. The van der Waals surface area contributed by atoms with Crippen LogP contribution in [0.25, 0.3) is 17.1 Å². The molecule has 0 aliphatic carbocycles. The number of hydrogen-bond acceptors (Lipinski definition) is 2. The molecule has 1 aromatic carbocycles. The second-order valence-corrected chi connectivity index (χ2v) is 3.46. The lowest BCUT2D eigenvalue weighted by Crippen LogP contribution is -1.86. The summed E-state index contributed by atoms with van der Waals surface area (Å²) in [6.07, 6.45) is 3.44. The molecule has 2 aromatic rings. The number of nitrogens with zero attached hydrogens (tertiary/aromatic N) is 1. The van der Waals surface area contributed by atoms with E-state index in [1.165, 1.54) is 6.08 Å². The molecule has 2 rings (SSSR count). The number of carboxylic acids is 1. The Bertz CT molecular complexity index is 555. The van der Waals surface area contributed by atoms with Crippen molar-refractivity contribution >= 4 is 23.1 Å². The van der Waals surface area contributed by atoms with Gasteiger partial charge in [-0.2, -0.15) is 0 Å². The number of aromatic nitrogens is 2. The highest BCUT2D eigenvalue weighted by molar-refractivity contribution is 5.86. The minimum atomic E-state index is -0.976. The lowest BCUT2D eigenvalue weighted by atomic mass is 10.1. The van der Waals surface area contributed by atoms with Gasteiger partial charge >= 0.3 is 5.97 Å².